The summed E-state index contributed by atoms with van der Waals surface area (Å²) < 4.78 is 0. The minimum atomic E-state index is -0.357. The van der Waals surface area contributed by atoms with E-state index in [1.165, 1.54) is 12.8 Å². The molecular weight excluding hydrogens is 222 g/mol. The molecule has 1 unspecified atom stereocenters. The first-order chi connectivity index (χ1) is 8.69. The molecule has 1 aliphatic rings. The summed E-state index contributed by atoms with van der Waals surface area (Å²) in [6, 6.07) is 10.1. The summed E-state index contributed by atoms with van der Waals surface area (Å²) in [7, 11) is 0. The summed E-state index contributed by atoms with van der Waals surface area (Å²) in [5, 5.41) is 11.7. The van der Waals surface area contributed by atoms with Crippen LogP contribution in [0.5, 0.6) is 0 Å². The Kier molecular flexibility index (Phi) is 2.83. The molecule has 3 rings (SSSR count). The quantitative estimate of drug-likeness (QED) is 0.866. The largest absolute Gasteiger partial charge is 0.388 e. The second-order valence-electron chi connectivity index (χ2n) is 5.72. The van der Waals surface area contributed by atoms with Gasteiger partial charge >= 0.3 is 0 Å². The SMILES string of the molecule is CC1(C(O)c2ccc3ncccc3c2)CCCC1. The van der Waals surface area contributed by atoms with Gasteiger partial charge in [0, 0.05) is 11.6 Å². The highest BCUT2D eigenvalue weighted by molar-refractivity contribution is 5.79. The Morgan fingerprint density at radius 1 is 1.22 bits per heavy atom. The van der Waals surface area contributed by atoms with Gasteiger partial charge in [-0.25, -0.2) is 0 Å². The Hall–Kier alpha value is -1.41. The van der Waals surface area contributed by atoms with Gasteiger partial charge in [0.15, 0.2) is 0 Å². The second-order valence-corrected chi connectivity index (χ2v) is 5.72. The van der Waals surface area contributed by atoms with Gasteiger partial charge in [0.25, 0.3) is 0 Å². The highest BCUT2D eigenvalue weighted by Crippen LogP contribution is 2.47. The van der Waals surface area contributed by atoms with E-state index in [-0.39, 0.29) is 11.5 Å². The van der Waals surface area contributed by atoms with E-state index in [2.05, 4.69) is 24.0 Å². The van der Waals surface area contributed by atoms with Crippen molar-refractivity contribution in [1.29, 1.82) is 0 Å². The van der Waals surface area contributed by atoms with E-state index in [9.17, 15) is 5.11 Å². The summed E-state index contributed by atoms with van der Waals surface area (Å²) in [5.41, 5.74) is 2.07. The van der Waals surface area contributed by atoms with Gasteiger partial charge in [-0.3, -0.25) is 4.98 Å². The molecule has 0 bridgehead atoms. The molecule has 1 aromatic carbocycles. The van der Waals surface area contributed by atoms with Crippen molar-refractivity contribution in [3.63, 3.8) is 0 Å². The van der Waals surface area contributed by atoms with Crippen LogP contribution in [-0.2, 0) is 0 Å². The Balaban J connectivity index is 1.98. The molecule has 1 heterocycles. The molecule has 1 atom stereocenters. The zero-order valence-corrected chi connectivity index (χ0v) is 10.8. The average molecular weight is 241 g/mol. The lowest BCUT2D eigenvalue weighted by molar-refractivity contribution is 0.0409. The van der Waals surface area contributed by atoms with E-state index in [1.807, 2.05) is 18.2 Å². The van der Waals surface area contributed by atoms with Gasteiger partial charge < -0.3 is 5.11 Å². The van der Waals surface area contributed by atoms with Crippen LogP contribution in [0, 0.1) is 5.41 Å². The van der Waals surface area contributed by atoms with E-state index < -0.39 is 0 Å². The highest BCUT2D eigenvalue weighted by atomic mass is 16.3. The lowest BCUT2D eigenvalue weighted by Crippen LogP contribution is -2.21. The van der Waals surface area contributed by atoms with Gasteiger partial charge in [-0.05, 0) is 42.0 Å². The third-order valence-electron chi connectivity index (χ3n) is 4.35. The Bertz CT molecular complexity index is 558. The molecular formula is C16H19NO. The molecule has 0 amide bonds. The topological polar surface area (TPSA) is 33.1 Å². The molecule has 0 saturated heterocycles. The first-order valence-electron chi connectivity index (χ1n) is 6.72. The van der Waals surface area contributed by atoms with Crippen molar-refractivity contribution in [3.8, 4) is 0 Å². The minimum absolute atomic E-state index is 0.0515. The van der Waals surface area contributed by atoms with E-state index in [1.54, 1.807) is 6.20 Å². The van der Waals surface area contributed by atoms with Crippen molar-refractivity contribution in [2.75, 3.05) is 0 Å². The summed E-state index contributed by atoms with van der Waals surface area (Å²) >= 11 is 0. The number of fused-ring (bicyclic) bond motifs is 1. The third kappa shape index (κ3) is 1.91. The predicted octanol–water partition coefficient (Wildman–Crippen LogP) is 3.85. The summed E-state index contributed by atoms with van der Waals surface area (Å²) in [4.78, 5) is 4.31. The number of aromatic nitrogens is 1. The number of aliphatic hydroxyl groups is 1. The summed E-state index contributed by atoms with van der Waals surface area (Å²) in [6.07, 6.45) is 6.17. The molecule has 2 heteroatoms. The van der Waals surface area contributed by atoms with Crippen molar-refractivity contribution in [1.82, 2.24) is 4.98 Å². The lowest BCUT2D eigenvalue weighted by atomic mass is 9.79. The predicted molar refractivity (Wildman–Crippen MR) is 73.3 cm³/mol. The van der Waals surface area contributed by atoms with Gasteiger partial charge in [0.05, 0.1) is 11.6 Å². The highest BCUT2D eigenvalue weighted by Gasteiger charge is 2.36. The van der Waals surface area contributed by atoms with Gasteiger partial charge in [-0.2, -0.15) is 0 Å². The molecule has 1 aliphatic carbocycles. The number of aliphatic hydroxyl groups excluding tert-OH is 1. The number of rotatable bonds is 2. The number of benzene rings is 1. The van der Waals surface area contributed by atoms with E-state index >= 15 is 0 Å². The standard InChI is InChI=1S/C16H19NO/c1-16(8-2-3-9-16)15(18)13-6-7-14-12(11-13)5-4-10-17-14/h4-7,10-11,15,18H,2-3,8-9H2,1H3. The van der Waals surface area contributed by atoms with Crippen molar-refractivity contribution >= 4 is 10.9 Å². The number of hydrogen-bond donors (Lipinski definition) is 1. The molecule has 94 valence electrons. The molecule has 18 heavy (non-hydrogen) atoms. The van der Waals surface area contributed by atoms with E-state index in [4.69, 9.17) is 0 Å². The maximum Gasteiger partial charge on any atom is 0.0843 e. The zero-order valence-electron chi connectivity index (χ0n) is 10.8. The van der Waals surface area contributed by atoms with Crippen LogP contribution >= 0.6 is 0 Å². The number of nitrogens with zero attached hydrogens (tertiary/aromatic N) is 1. The summed E-state index contributed by atoms with van der Waals surface area (Å²) in [5.74, 6) is 0. The molecule has 0 aliphatic heterocycles. The van der Waals surface area contributed by atoms with Crippen LogP contribution in [0.1, 0.15) is 44.3 Å². The van der Waals surface area contributed by atoms with Crippen LogP contribution in [0.3, 0.4) is 0 Å². The fraction of sp³-hybridized carbons (Fsp3) is 0.438. The summed E-state index contributed by atoms with van der Waals surface area (Å²) in [6.45, 7) is 2.21. The monoisotopic (exact) mass is 241 g/mol. The normalized spacial score (nSPS) is 20.1. The van der Waals surface area contributed by atoms with Gasteiger partial charge in [-0.15, -0.1) is 0 Å². The smallest absolute Gasteiger partial charge is 0.0843 e. The molecule has 2 aromatic rings. The Labute approximate surface area is 108 Å². The molecule has 0 spiro atoms. The number of hydrogen-bond acceptors (Lipinski definition) is 2. The molecule has 0 radical (unpaired) electrons. The Morgan fingerprint density at radius 2 is 2.00 bits per heavy atom. The van der Waals surface area contributed by atoms with Crippen LogP contribution < -0.4 is 0 Å². The fourth-order valence-corrected chi connectivity index (χ4v) is 3.12. The van der Waals surface area contributed by atoms with Crippen LogP contribution in [0.15, 0.2) is 36.5 Å². The minimum Gasteiger partial charge on any atom is -0.388 e. The molecule has 1 saturated carbocycles. The van der Waals surface area contributed by atoms with Crippen LogP contribution in [-0.4, -0.2) is 10.1 Å². The molecule has 1 aromatic heterocycles. The third-order valence-corrected chi connectivity index (χ3v) is 4.35. The van der Waals surface area contributed by atoms with Crippen LogP contribution in [0.2, 0.25) is 0 Å². The maximum absolute atomic E-state index is 10.6. The van der Waals surface area contributed by atoms with Crippen molar-refractivity contribution in [2.45, 2.75) is 38.7 Å². The van der Waals surface area contributed by atoms with E-state index in [0.717, 1.165) is 29.3 Å². The van der Waals surface area contributed by atoms with Gasteiger partial charge in [0.1, 0.15) is 0 Å². The molecule has 2 nitrogen and oxygen atoms in total. The number of pyridine rings is 1. The second kappa shape index (κ2) is 4.36. The first kappa shape index (κ1) is 11.7. The first-order valence-corrected chi connectivity index (χ1v) is 6.72. The average Bonchev–Trinajstić information content (AvgIpc) is 2.85. The Morgan fingerprint density at radius 3 is 2.78 bits per heavy atom. The van der Waals surface area contributed by atoms with Crippen molar-refractivity contribution in [3.05, 3.63) is 42.1 Å². The van der Waals surface area contributed by atoms with Gasteiger partial charge in [0.2, 0.25) is 0 Å². The molecule has 1 fully saturated rings. The lowest BCUT2D eigenvalue weighted by Gasteiger charge is -2.30. The van der Waals surface area contributed by atoms with E-state index in [0.29, 0.717) is 0 Å². The zero-order chi connectivity index (χ0) is 12.6. The van der Waals surface area contributed by atoms with Crippen LogP contribution in [0.4, 0.5) is 0 Å². The van der Waals surface area contributed by atoms with Crippen LogP contribution in [0.25, 0.3) is 10.9 Å². The maximum atomic E-state index is 10.6. The fourth-order valence-electron chi connectivity index (χ4n) is 3.12. The van der Waals surface area contributed by atoms with Crippen molar-refractivity contribution in [2.24, 2.45) is 5.41 Å². The molecule has 1 N–H and O–H groups in total. The van der Waals surface area contributed by atoms with Gasteiger partial charge in [-0.1, -0.05) is 31.9 Å². The van der Waals surface area contributed by atoms with Crippen molar-refractivity contribution < 1.29 is 5.11 Å².